The smallest absolute Gasteiger partial charge is 0.0981 e. The van der Waals surface area contributed by atoms with E-state index >= 15 is 0 Å². The molecule has 0 aliphatic heterocycles. The molecule has 2 rings (SSSR count). The van der Waals surface area contributed by atoms with E-state index < -0.39 is 0 Å². The maximum absolute atomic E-state index is 4.53. The Balaban J connectivity index is 1.95. The van der Waals surface area contributed by atoms with Crippen LogP contribution in [0.3, 0.4) is 0 Å². The summed E-state index contributed by atoms with van der Waals surface area (Å²) >= 11 is 1.81. The van der Waals surface area contributed by atoms with E-state index in [4.69, 9.17) is 0 Å². The van der Waals surface area contributed by atoms with Crippen molar-refractivity contribution < 1.29 is 0 Å². The predicted octanol–water partition coefficient (Wildman–Crippen LogP) is 4.60. The molecule has 1 N–H and O–H groups in total. The van der Waals surface area contributed by atoms with Crippen LogP contribution in [0.2, 0.25) is 0 Å². The first-order valence-corrected chi connectivity index (χ1v) is 7.93. The van der Waals surface area contributed by atoms with Crippen molar-refractivity contribution in [2.75, 3.05) is 0 Å². The largest absolute Gasteiger partial charge is 0.305 e. The number of thiazole rings is 1. The van der Waals surface area contributed by atoms with Crippen molar-refractivity contribution in [2.45, 2.75) is 52.6 Å². The Labute approximate surface area is 126 Å². The molecule has 0 aliphatic rings. The first-order chi connectivity index (χ1) is 9.36. The lowest BCUT2D eigenvalue weighted by molar-refractivity contribution is 0.578. The van der Waals surface area contributed by atoms with Crippen molar-refractivity contribution in [1.29, 1.82) is 0 Å². The number of aryl methyl sites for hydroxylation is 1. The molecule has 108 valence electrons. The second kappa shape index (κ2) is 6.06. The zero-order valence-corrected chi connectivity index (χ0v) is 13.8. The summed E-state index contributed by atoms with van der Waals surface area (Å²) in [5, 5.41) is 4.78. The molecule has 2 aromatic rings. The van der Waals surface area contributed by atoms with Gasteiger partial charge in [-0.05, 0) is 19.4 Å². The van der Waals surface area contributed by atoms with Gasteiger partial charge < -0.3 is 5.32 Å². The molecule has 20 heavy (non-hydrogen) atoms. The number of hydrogen-bond acceptors (Lipinski definition) is 3. The van der Waals surface area contributed by atoms with E-state index in [9.17, 15) is 0 Å². The van der Waals surface area contributed by atoms with Crippen LogP contribution in [0.5, 0.6) is 0 Å². The number of rotatable bonds is 4. The van der Waals surface area contributed by atoms with Crippen molar-refractivity contribution >= 4 is 11.3 Å². The Morgan fingerprint density at radius 2 is 1.85 bits per heavy atom. The highest BCUT2D eigenvalue weighted by molar-refractivity contribution is 7.11. The molecule has 1 heterocycles. The fourth-order valence-electron chi connectivity index (χ4n) is 1.96. The Hall–Kier alpha value is -1.19. The quantitative estimate of drug-likeness (QED) is 0.889. The molecule has 0 radical (unpaired) electrons. The van der Waals surface area contributed by atoms with Crippen molar-refractivity contribution in [1.82, 2.24) is 10.3 Å². The van der Waals surface area contributed by atoms with Crippen LogP contribution in [0.15, 0.2) is 30.5 Å². The van der Waals surface area contributed by atoms with Crippen LogP contribution in [0.1, 0.15) is 54.7 Å². The number of nitrogens with one attached hydrogen (secondary N) is 1. The molecule has 2 nitrogen and oxygen atoms in total. The van der Waals surface area contributed by atoms with Crippen LogP contribution >= 0.6 is 11.3 Å². The summed E-state index contributed by atoms with van der Waals surface area (Å²) in [7, 11) is 0. The lowest BCUT2D eigenvalue weighted by Gasteiger charge is -2.14. The lowest BCUT2D eigenvalue weighted by atomic mass is 9.98. The van der Waals surface area contributed by atoms with Crippen LogP contribution in [0, 0.1) is 6.92 Å². The molecule has 0 spiro atoms. The van der Waals surface area contributed by atoms with E-state index in [0.717, 1.165) is 6.54 Å². The molecule has 0 saturated carbocycles. The number of aromatic nitrogens is 1. The molecule has 0 aliphatic carbocycles. The molecular formula is C17H24N2S. The summed E-state index contributed by atoms with van der Waals surface area (Å²) in [6.07, 6.45) is 2.00. The van der Waals surface area contributed by atoms with Gasteiger partial charge in [-0.25, -0.2) is 4.98 Å². The van der Waals surface area contributed by atoms with Crippen LogP contribution in [-0.4, -0.2) is 4.98 Å². The van der Waals surface area contributed by atoms with E-state index in [2.05, 4.69) is 69.2 Å². The Kier molecular flexibility index (Phi) is 4.61. The van der Waals surface area contributed by atoms with Gasteiger partial charge in [0.25, 0.3) is 0 Å². The normalized spacial score (nSPS) is 13.4. The van der Waals surface area contributed by atoms with Gasteiger partial charge in [-0.2, -0.15) is 0 Å². The highest BCUT2D eigenvalue weighted by Crippen LogP contribution is 2.27. The molecule has 0 saturated heterocycles. The number of benzene rings is 1. The maximum atomic E-state index is 4.53. The van der Waals surface area contributed by atoms with E-state index in [-0.39, 0.29) is 5.41 Å². The topological polar surface area (TPSA) is 24.9 Å². The van der Waals surface area contributed by atoms with Crippen molar-refractivity contribution in [3.05, 3.63) is 51.5 Å². The van der Waals surface area contributed by atoms with Crippen LogP contribution < -0.4 is 5.32 Å². The van der Waals surface area contributed by atoms with Gasteiger partial charge in [0.2, 0.25) is 0 Å². The highest BCUT2D eigenvalue weighted by atomic mass is 32.1. The minimum absolute atomic E-state index is 0.144. The first kappa shape index (κ1) is 15.2. The zero-order valence-electron chi connectivity index (χ0n) is 13.0. The van der Waals surface area contributed by atoms with Gasteiger partial charge in [-0.1, -0.05) is 50.6 Å². The van der Waals surface area contributed by atoms with E-state index in [1.807, 2.05) is 6.20 Å². The minimum atomic E-state index is 0.144. The fraction of sp³-hybridized carbons (Fsp3) is 0.471. The van der Waals surface area contributed by atoms with Gasteiger partial charge >= 0.3 is 0 Å². The molecule has 0 bridgehead atoms. The highest BCUT2D eigenvalue weighted by Gasteiger charge is 2.18. The average Bonchev–Trinajstić information content (AvgIpc) is 2.85. The maximum Gasteiger partial charge on any atom is 0.0981 e. The molecule has 0 unspecified atom stereocenters. The number of nitrogens with zero attached hydrogens (tertiary/aromatic N) is 1. The van der Waals surface area contributed by atoms with Gasteiger partial charge in [-0.15, -0.1) is 11.3 Å². The number of hydrogen-bond donors (Lipinski definition) is 1. The van der Waals surface area contributed by atoms with Crippen molar-refractivity contribution in [3.63, 3.8) is 0 Å². The second-order valence-electron chi connectivity index (χ2n) is 6.39. The summed E-state index contributed by atoms with van der Waals surface area (Å²) in [6.45, 7) is 11.8. The van der Waals surface area contributed by atoms with E-state index in [0.29, 0.717) is 6.04 Å². The van der Waals surface area contributed by atoms with Gasteiger partial charge in [0.1, 0.15) is 0 Å². The fourth-order valence-corrected chi connectivity index (χ4v) is 2.88. The van der Waals surface area contributed by atoms with E-state index in [1.54, 1.807) is 11.3 Å². The predicted molar refractivity (Wildman–Crippen MR) is 87.2 cm³/mol. The van der Waals surface area contributed by atoms with Gasteiger partial charge in [0.05, 0.1) is 5.01 Å². The molecule has 1 atom stereocenters. The first-order valence-electron chi connectivity index (χ1n) is 7.11. The van der Waals surface area contributed by atoms with Gasteiger partial charge in [0.15, 0.2) is 0 Å². The molecule has 1 aromatic carbocycles. The van der Waals surface area contributed by atoms with Crippen LogP contribution in [0.25, 0.3) is 0 Å². The summed E-state index contributed by atoms with van der Waals surface area (Å²) in [4.78, 5) is 5.83. The van der Waals surface area contributed by atoms with Crippen LogP contribution in [0.4, 0.5) is 0 Å². The SMILES string of the molecule is Cc1ccc([C@H](C)NCc2cnc(C(C)(C)C)s2)cc1. The Morgan fingerprint density at radius 3 is 2.40 bits per heavy atom. The Morgan fingerprint density at radius 1 is 1.20 bits per heavy atom. The summed E-state index contributed by atoms with van der Waals surface area (Å²) in [5.41, 5.74) is 2.78. The molecular weight excluding hydrogens is 264 g/mol. The third-order valence-corrected chi connectivity index (χ3v) is 4.78. The second-order valence-corrected chi connectivity index (χ2v) is 7.51. The Bertz CT molecular complexity index is 549. The molecule has 0 amide bonds. The summed E-state index contributed by atoms with van der Waals surface area (Å²) in [5.74, 6) is 0. The van der Waals surface area contributed by atoms with E-state index in [1.165, 1.54) is 21.0 Å². The molecule has 0 fully saturated rings. The summed E-state index contributed by atoms with van der Waals surface area (Å²) < 4.78 is 0. The van der Waals surface area contributed by atoms with Gasteiger partial charge in [-0.3, -0.25) is 0 Å². The van der Waals surface area contributed by atoms with Crippen molar-refractivity contribution in [3.8, 4) is 0 Å². The lowest BCUT2D eigenvalue weighted by Crippen LogP contribution is -2.17. The van der Waals surface area contributed by atoms with Crippen molar-refractivity contribution in [2.24, 2.45) is 0 Å². The third kappa shape index (κ3) is 3.90. The van der Waals surface area contributed by atoms with Gasteiger partial charge in [0, 0.05) is 29.1 Å². The minimum Gasteiger partial charge on any atom is -0.305 e. The molecule has 3 heteroatoms. The van der Waals surface area contributed by atoms with Crippen LogP contribution in [-0.2, 0) is 12.0 Å². The third-order valence-electron chi connectivity index (χ3n) is 3.35. The zero-order chi connectivity index (χ0) is 14.8. The standard InChI is InChI=1S/C17H24N2S/c1-12-6-8-14(9-7-12)13(2)18-10-15-11-19-16(20-15)17(3,4)5/h6-9,11,13,18H,10H2,1-5H3/t13-/m0/s1. The summed E-state index contributed by atoms with van der Waals surface area (Å²) in [6, 6.07) is 9.08. The monoisotopic (exact) mass is 288 g/mol. The average molecular weight is 288 g/mol. The molecule has 1 aromatic heterocycles.